The molecular formula is C11H16BrN3O. The fourth-order valence-corrected chi connectivity index (χ4v) is 1.44. The van der Waals surface area contributed by atoms with Crippen molar-refractivity contribution in [2.75, 3.05) is 20.6 Å². The summed E-state index contributed by atoms with van der Waals surface area (Å²) >= 11 is 3.27. The molecule has 0 unspecified atom stereocenters. The fourth-order valence-electron chi connectivity index (χ4n) is 1.24. The van der Waals surface area contributed by atoms with Crippen LogP contribution in [-0.2, 0) is 6.54 Å². The zero-order chi connectivity index (χ0) is 12.1. The molecule has 0 aliphatic rings. The highest BCUT2D eigenvalue weighted by molar-refractivity contribution is 9.11. The number of halogens is 1. The van der Waals surface area contributed by atoms with Crippen molar-refractivity contribution in [2.45, 2.75) is 6.54 Å². The Morgan fingerprint density at radius 3 is 2.81 bits per heavy atom. The molecule has 5 heteroatoms. The van der Waals surface area contributed by atoms with Crippen molar-refractivity contribution in [2.24, 2.45) is 0 Å². The van der Waals surface area contributed by atoms with Crippen LogP contribution in [0, 0.1) is 0 Å². The van der Waals surface area contributed by atoms with Crippen LogP contribution in [0.2, 0.25) is 0 Å². The molecule has 16 heavy (non-hydrogen) atoms. The maximum Gasteiger partial charge on any atom is 0.269 e. The smallest absolute Gasteiger partial charge is 0.269 e. The van der Waals surface area contributed by atoms with Gasteiger partial charge in [-0.3, -0.25) is 4.79 Å². The number of rotatable bonds is 5. The molecule has 2 N–H and O–H groups in total. The minimum absolute atomic E-state index is 0.0175. The summed E-state index contributed by atoms with van der Waals surface area (Å²) in [5.41, 5.74) is 1.60. The van der Waals surface area contributed by atoms with Crippen LogP contribution in [0.25, 0.3) is 0 Å². The van der Waals surface area contributed by atoms with Gasteiger partial charge in [0.1, 0.15) is 5.69 Å². The molecule has 0 radical (unpaired) electrons. The molecule has 0 saturated carbocycles. The summed E-state index contributed by atoms with van der Waals surface area (Å²) in [4.78, 5) is 16.2. The fraction of sp³-hybridized carbons (Fsp3) is 0.364. The standard InChI is InChI=1S/C11H16BrN3O/c1-8(12)6-13-7-9-4-5-10(14-9)11(16)15(2)3/h4-5,13-14H,1,6-7H2,2-3H3. The molecule has 0 aromatic carbocycles. The van der Waals surface area contributed by atoms with Gasteiger partial charge in [0.05, 0.1) is 0 Å². The van der Waals surface area contributed by atoms with Crippen molar-refractivity contribution in [1.29, 1.82) is 0 Å². The number of hydrogen-bond donors (Lipinski definition) is 2. The van der Waals surface area contributed by atoms with Gasteiger partial charge in [-0.15, -0.1) is 0 Å². The predicted octanol–water partition coefficient (Wildman–Crippen LogP) is 1.71. The Kier molecular flexibility index (Phi) is 4.76. The number of aromatic amines is 1. The predicted molar refractivity (Wildman–Crippen MR) is 68.6 cm³/mol. The van der Waals surface area contributed by atoms with E-state index in [0.29, 0.717) is 18.8 Å². The number of aromatic nitrogens is 1. The molecule has 0 spiro atoms. The summed E-state index contributed by atoms with van der Waals surface area (Å²) in [6.45, 7) is 5.12. The van der Waals surface area contributed by atoms with E-state index in [4.69, 9.17) is 0 Å². The van der Waals surface area contributed by atoms with Gasteiger partial charge in [-0.1, -0.05) is 22.5 Å². The quantitative estimate of drug-likeness (QED) is 0.865. The third-order valence-corrected chi connectivity index (χ3v) is 2.30. The molecule has 0 atom stereocenters. The highest BCUT2D eigenvalue weighted by Gasteiger charge is 2.09. The van der Waals surface area contributed by atoms with E-state index >= 15 is 0 Å². The van der Waals surface area contributed by atoms with E-state index in [1.807, 2.05) is 6.07 Å². The summed E-state index contributed by atoms with van der Waals surface area (Å²) in [5.74, 6) is -0.0175. The maximum absolute atomic E-state index is 11.6. The van der Waals surface area contributed by atoms with Gasteiger partial charge in [0.15, 0.2) is 0 Å². The number of carbonyl (C=O) groups is 1. The van der Waals surface area contributed by atoms with Crippen LogP contribution in [0.15, 0.2) is 23.2 Å². The van der Waals surface area contributed by atoms with Crippen molar-refractivity contribution in [1.82, 2.24) is 15.2 Å². The normalized spacial score (nSPS) is 10.2. The van der Waals surface area contributed by atoms with Crippen LogP contribution < -0.4 is 5.32 Å². The van der Waals surface area contributed by atoms with Crippen LogP contribution in [0.1, 0.15) is 16.2 Å². The van der Waals surface area contributed by atoms with Gasteiger partial charge in [0.25, 0.3) is 5.91 Å². The van der Waals surface area contributed by atoms with Gasteiger partial charge >= 0.3 is 0 Å². The zero-order valence-corrected chi connectivity index (χ0v) is 11.1. The summed E-state index contributed by atoms with van der Waals surface area (Å²) in [6, 6.07) is 3.70. The Hall–Kier alpha value is -1.07. The lowest BCUT2D eigenvalue weighted by Crippen LogP contribution is -2.22. The molecule has 0 aliphatic heterocycles. The highest BCUT2D eigenvalue weighted by atomic mass is 79.9. The highest BCUT2D eigenvalue weighted by Crippen LogP contribution is 2.04. The summed E-state index contributed by atoms with van der Waals surface area (Å²) in [5, 5.41) is 3.18. The first-order valence-corrected chi connectivity index (χ1v) is 5.73. The Bertz CT molecular complexity index is 384. The zero-order valence-electron chi connectivity index (χ0n) is 9.51. The maximum atomic E-state index is 11.6. The molecule has 0 fully saturated rings. The van der Waals surface area contributed by atoms with E-state index in [-0.39, 0.29) is 5.91 Å². The van der Waals surface area contributed by atoms with Crippen molar-refractivity contribution < 1.29 is 4.79 Å². The summed E-state index contributed by atoms with van der Waals surface area (Å²) < 4.78 is 0.906. The van der Waals surface area contributed by atoms with Crippen LogP contribution in [0.4, 0.5) is 0 Å². The van der Waals surface area contributed by atoms with Crippen LogP contribution in [-0.4, -0.2) is 36.4 Å². The van der Waals surface area contributed by atoms with Crippen molar-refractivity contribution >= 4 is 21.8 Å². The molecule has 0 aliphatic carbocycles. The number of nitrogens with zero attached hydrogens (tertiary/aromatic N) is 1. The van der Waals surface area contributed by atoms with E-state index in [0.717, 1.165) is 10.2 Å². The van der Waals surface area contributed by atoms with E-state index in [9.17, 15) is 4.79 Å². The van der Waals surface area contributed by atoms with Crippen molar-refractivity contribution in [3.05, 3.63) is 34.6 Å². The molecular weight excluding hydrogens is 270 g/mol. The molecule has 1 amide bonds. The van der Waals surface area contributed by atoms with Gasteiger partial charge in [-0.2, -0.15) is 0 Å². The number of H-pyrrole nitrogens is 1. The second-order valence-corrected chi connectivity index (χ2v) is 4.84. The number of amides is 1. The lowest BCUT2D eigenvalue weighted by molar-refractivity contribution is 0.0822. The van der Waals surface area contributed by atoms with E-state index in [2.05, 4.69) is 32.8 Å². The number of carbonyl (C=O) groups excluding carboxylic acids is 1. The lowest BCUT2D eigenvalue weighted by Gasteiger charge is -2.08. The van der Waals surface area contributed by atoms with E-state index < -0.39 is 0 Å². The lowest BCUT2D eigenvalue weighted by atomic mass is 10.4. The SMILES string of the molecule is C=C(Br)CNCc1ccc(C(=O)N(C)C)[nH]1. The van der Waals surface area contributed by atoms with Gasteiger partial charge in [-0.25, -0.2) is 0 Å². The third-order valence-electron chi connectivity index (χ3n) is 2.02. The van der Waals surface area contributed by atoms with Gasteiger partial charge < -0.3 is 15.2 Å². The van der Waals surface area contributed by atoms with Crippen molar-refractivity contribution in [3.63, 3.8) is 0 Å². The van der Waals surface area contributed by atoms with Crippen LogP contribution in [0.3, 0.4) is 0 Å². The Labute approximate surface area is 104 Å². The molecule has 4 nitrogen and oxygen atoms in total. The monoisotopic (exact) mass is 285 g/mol. The first kappa shape index (κ1) is 13.0. The second-order valence-electron chi connectivity index (χ2n) is 3.72. The van der Waals surface area contributed by atoms with Gasteiger partial charge in [0.2, 0.25) is 0 Å². The van der Waals surface area contributed by atoms with Gasteiger partial charge in [0, 0.05) is 37.4 Å². The molecule has 1 rings (SSSR count). The first-order chi connectivity index (χ1) is 7.50. The molecule has 1 heterocycles. The molecule has 88 valence electrons. The minimum Gasteiger partial charge on any atom is -0.353 e. The average Bonchev–Trinajstić information content (AvgIpc) is 2.64. The van der Waals surface area contributed by atoms with Gasteiger partial charge in [-0.05, 0) is 12.1 Å². The van der Waals surface area contributed by atoms with E-state index in [1.54, 1.807) is 25.1 Å². The van der Waals surface area contributed by atoms with Crippen LogP contribution in [0.5, 0.6) is 0 Å². The first-order valence-electron chi connectivity index (χ1n) is 4.94. The van der Waals surface area contributed by atoms with E-state index in [1.165, 1.54) is 0 Å². The molecule has 1 aromatic rings. The molecule has 1 aromatic heterocycles. The largest absolute Gasteiger partial charge is 0.353 e. The minimum atomic E-state index is -0.0175. The average molecular weight is 286 g/mol. The number of hydrogen-bond acceptors (Lipinski definition) is 2. The van der Waals surface area contributed by atoms with Crippen LogP contribution >= 0.6 is 15.9 Å². The summed E-state index contributed by atoms with van der Waals surface area (Å²) in [6.07, 6.45) is 0. The Morgan fingerprint density at radius 2 is 2.25 bits per heavy atom. The Balaban J connectivity index is 2.51. The summed E-state index contributed by atoms with van der Waals surface area (Å²) in [7, 11) is 3.46. The van der Waals surface area contributed by atoms with Crippen molar-refractivity contribution in [3.8, 4) is 0 Å². The molecule has 0 bridgehead atoms. The Morgan fingerprint density at radius 1 is 1.56 bits per heavy atom. The third kappa shape index (κ3) is 3.83. The molecule has 0 saturated heterocycles. The topological polar surface area (TPSA) is 48.1 Å². The number of nitrogens with one attached hydrogen (secondary N) is 2. The second kappa shape index (κ2) is 5.86.